The molecule has 0 rings (SSSR count). The van der Waals surface area contributed by atoms with Crippen LogP contribution in [0.1, 0.15) is 13.3 Å². The molecule has 0 aliphatic carbocycles. The topological polar surface area (TPSA) is 75.6 Å². The number of rotatable bonds is 4. The molecule has 2 N–H and O–H groups in total. The van der Waals surface area contributed by atoms with Gasteiger partial charge in [-0.15, -0.1) is 0 Å². The van der Waals surface area contributed by atoms with Gasteiger partial charge in [-0.2, -0.15) is 8.42 Å². The van der Waals surface area contributed by atoms with Crippen LogP contribution in [0.3, 0.4) is 0 Å². The van der Waals surface area contributed by atoms with Gasteiger partial charge in [-0.05, 0) is 18.2 Å². The van der Waals surface area contributed by atoms with Crippen LogP contribution in [0.5, 0.6) is 0 Å². The van der Waals surface area contributed by atoms with E-state index in [1.165, 1.54) is 0 Å². The van der Waals surface area contributed by atoms with Crippen molar-refractivity contribution in [2.24, 2.45) is 0 Å². The standard InChI is InChI=1S/C3H8ClNO4S/c1-2-3(5-4)9-10(6,7)8/h3,5H,2H2,1H3,(H,6,7,8). The van der Waals surface area contributed by atoms with Crippen LogP contribution in [0.15, 0.2) is 0 Å². The van der Waals surface area contributed by atoms with Crippen molar-refractivity contribution in [1.82, 2.24) is 4.84 Å². The number of nitrogens with one attached hydrogen (secondary N) is 1. The van der Waals surface area contributed by atoms with Crippen molar-refractivity contribution in [2.75, 3.05) is 0 Å². The maximum absolute atomic E-state index is 9.99. The van der Waals surface area contributed by atoms with E-state index < -0.39 is 16.6 Å². The highest BCUT2D eigenvalue weighted by Gasteiger charge is 2.12. The van der Waals surface area contributed by atoms with E-state index in [1.807, 2.05) is 4.84 Å². The molecule has 62 valence electrons. The lowest BCUT2D eigenvalue weighted by molar-refractivity contribution is 0.169. The Morgan fingerprint density at radius 3 is 2.40 bits per heavy atom. The Labute approximate surface area is 64.4 Å². The second-order valence-electron chi connectivity index (χ2n) is 1.53. The Hall–Kier alpha value is 0.120. The zero-order chi connectivity index (χ0) is 8.20. The third-order valence-corrected chi connectivity index (χ3v) is 1.45. The highest BCUT2D eigenvalue weighted by atomic mass is 35.5. The fraction of sp³-hybridized carbons (Fsp3) is 1.00. The maximum Gasteiger partial charge on any atom is 0.398 e. The monoisotopic (exact) mass is 189 g/mol. The normalized spacial score (nSPS) is 15.1. The summed E-state index contributed by atoms with van der Waals surface area (Å²) in [6.07, 6.45) is -0.541. The summed E-state index contributed by atoms with van der Waals surface area (Å²) in [5, 5.41) is 0. The van der Waals surface area contributed by atoms with Crippen LogP contribution in [-0.4, -0.2) is 19.2 Å². The molecule has 1 unspecified atom stereocenters. The van der Waals surface area contributed by atoms with Gasteiger partial charge in [0.1, 0.15) is 6.23 Å². The second-order valence-corrected chi connectivity index (χ2v) is 2.80. The Balaban J connectivity index is 3.87. The first-order valence-electron chi connectivity index (χ1n) is 2.51. The number of halogens is 1. The minimum absolute atomic E-state index is 0.337. The minimum Gasteiger partial charge on any atom is -0.263 e. The molecule has 7 heteroatoms. The summed E-state index contributed by atoms with van der Waals surface area (Å²) < 4.78 is 32.1. The van der Waals surface area contributed by atoms with Crippen LogP contribution in [0.4, 0.5) is 0 Å². The molecule has 0 saturated carbocycles. The minimum atomic E-state index is -4.39. The predicted molar refractivity (Wildman–Crippen MR) is 35.7 cm³/mol. The quantitative estimate of drug-likeness (QED) is 0.378. The van der Waals surface area contributed by atoms with Gasteiger partial charge in [-0.3, -0.25) is 4.55 Å². The summed E-state index contributed by atoms with van der Waals surface area (Å²) in [5.74, 6) is 0. The fourth-order valence-electron chi connectivity index (χ4n) is 0.310. The Bertz CT molecular complexity index is 175. The summed E-state index contributed by atoms with van der Waals surface area (Å²) in [7, 11) is -4.39. The average Bonchev–Trinajstić information content (AvgIpc) is 1.81. The summed E-state index contributed by atoms with van der Waals surface area (Å²) in [4.78, 5) is 2.02. The van der Waals surface area contributed by atoms with Gasteiger partial charge in [-0.1, -0.05) is 6.92 Å². The molecule has 0 saturated heterocycles. The highest BCUT2D eigenvalue weighted by molar-refractivity contribution is 7.80. The summed E-state index contributed by atoms with van der Waals surface area (Å²) in [6.45, 7) is 1.64. The van der Waals surface area contributed by atoms with E-state index in [2.05, 4.69) is 4.18 Å². The van der Waals surface area contributed by atoms with Crippen molar-refractivity contribution in [3.05, 3.63) is 0 Å². The summed E-state index contributed by atoms with van der Waals surface area (Å²) >= 11 is 5.02. The lowest BCUT2D eigenvalue weighted by Gasteiger charge is -2.08. The molecule has 0 bridgehead atoms. The molecular weight excluding hydrogens is 182 g/mol. The SMILES string of the molecule is CCC(NCl)OS(=O)(=O)O. The van der Waals surface area contributed by atoms with E-state index in [1.54, 1.807) is 6.92 Å². The molecule has 0 aromatic heterocycles. The molecule has 0 heterocycles. The zero-order valence-corrected chi connectivity index (χ0v) is 6.82. The van der Waals surface area contributed by atoms with E-state index in [4.69, 9.17) is 16.3 Å². The van der Waals surface area contributed by atoms with Crippen LogP contribution in [0.25, 0.3) is 0 Å². The van der Waals surface area contributed by atoms with Gasteiger partial charge in [-0.25, -0.2) is 9.02 Å². The van der Waals surface area contributed by atoms with Crippen LogP contribution in [0.2, 0.25) is 0 Å². The molecule has 0 aliphatic rings. The lowest BCUT2D eigenvalue weighted by atomic mass is 10.5. The van der Waals surface area contributed by atoms with Crippen molar-refractivity contribution in [1.29, 1.82) is 0 Å². The van der Waals surface area contributed by atoms with E-state index >= 15 is 0 Å². The molecule has 0 aliphatic heterocycles. The molecule has 5 nitrogen and oxygen atoms in total. The second kappa shape index (κ2) is 4.09. The lowest BCUT2D eigenvalue weighted by Crippen LogP contribution is -2.26. The van der Waals surface area contributed by atoms with Crippen molar-refractivity contribution >= 4 is 22.2 Å². The van der Waals surface area contributed by atoms with E-state index in [9.17, 15) is 8.42 Å². The van der Waals surface area contributed by atoms with Crippen molar-refractivity contribution in [2.45, 2.75) is 19.6 Å². The number of hydrogen-bond donors (Lipinski definition) is 2. The van der Waals surface area contributed by atoms with Gasteiger partial charge >= 0.3 is 10.4 Å². The van der Waals surface area contributed by atoms with E-state index in [-0.39, 0.29) is 0 Å². The largest absolute Gasteiger partial charge is 0.398 e. The summed E-state index contributed by atoms with van der Waals surface area (Å²) in [6, 6.07) is 0. The first-order chi connectivity index (χ1) is 4.49. The van der Waals surface area contributed by atoms with Crippen LogP contribution in [0, 0.1) is 0 Å². The Morgan fingerprint density at radius 2 is 2.30 bits per heavy atom. The first kappa shape index (κ1) is 10.1. The van der Waals surface area contributed by atoms with Gasteiger partial charge in [0.05, 0.1) is 0 Å². The van der Waals surface area contributed by atoms with Crippen LogP contribution in [-0.2, 0) is 14.6 Å². The molecule has 0 spiro atoms. The highest BCUT2D eigenvalue weighted by Crippen LogP contribution is 1.98. The molecule has 0 amide bonds. The van der Waals surface area contributed by atoms with Crippen LogP contribution >= 0.6 is 11.8 Å². The van der Waals surface area contributed by atoms with Crippen LogP contribution < -0.4 is 4.84 Å². The maximum atomic E-state index is 9.99. The van der Waals surface area contributed by atoms with Crippen molar-refractivity contribution in [3.63, 3.8) is 0 Å². The van der Waals surface area contributed by atoms with Gasteiger partial charge in [0, 0.05) is 0 Å². The molecule has 0 aromatic rings. The average molecular weight is 190 g/mol. The van der Waals surface area contributed by atoms with E-state index in [0.717, 1.165) is 0 Å². The van der Waals surface area contributed by atoms with E-state index in [0.29, 0.717) is 6.42 Å². The van der Waals surface area contributed by atoms with Gasteiger partial charge in [0.15, 0.2) is 0 Å². The first-order valence-corrected chi connectivity index (χ1v) is 4.25. The molecular formula is C3H8ClNO4S. The van der Waals surface area contributed by atoms with Gasteiger partial charge < -0.3 is 0 Å². The van der Waals surface area contributed by atoms with Crippen molar-refractivity contribution in [3.8, 4) is 0 Å². The number of hydrogen-bond acceptors (Lipinski definition) is 4. The molecule has 10 heavy (non-hydrogen) atoms. The zero-order valence-electron chi connectivity index (χ0n) is 5.24. The third kappa shape index (κ3) is 4.95. The Kier molecular flexibility index (Phi) is 4.14. The van der Waals surface area contributed by atoms with Gasteiger partial charge in [0.25, 0.3) is 0 Å². The van der Waals surface area contributed by atoms with Crippen molar-refractivity contribution < 1.29 is 17.2 Å². The molecule has 1 atom stereocenters. The summed E-state index contributed by atoms with van der Waals surface area (Å²) in [5.41, 5.74) is 0. The Morgan fingerprint density at radius 1 is 1.80 bits per heavy atom. The molecule has 0 aromatic carbocycles. The third-order valence-electron chi connectivity index (χ3n) is 0.730. The smallest absolute Gasteiger partial charge is 0.263 e. The van der Waals surface area contributed by atoms with Gasteiger partial charge in [0.2, 0.25) is 0 Å². The molecule has 0 radical (unpaired) electrons. The predicted octanol–water partition coefficient (Wildman–Crippen LogP) is 0.285. The molecule has 0 fully saturated rings. The fourth-order valence-corrected chi connectivity index (χ4v) is 1.04.